The van der Waals surface area contributed by atoms with Gasteiger partial charge in [0, 0.05) is 19.3 Å². The fraction of sp³-hybridized carbons (Fsp3) is 0.947. The van der Waals surface area contributed by atoms with E-state index in [0.29, 0.717) is 19.3 Å². The van der Waals surface area contributed by atoms with Crippen LogP contribution >= 0.6 is 0 Å². The van der Waals surface area contributed by atoms with Gasteiger partial charge in [0.15, 0.2) is 6.10 Å². The molecule has 0 saturated heterocycles. The number of rotatable bonds is 50. The van der Waals surface area contributed by atoms with Gasteiger partial charge < -0.3 is 14.2 Å². The molecule has 6 heteroatoms. The van der Waals surface area contributed by atoms with E-state index in [1.54, 1.807) is 0 Å². The summed E-state index contributed by atoms with van der Waals surface area (Å²) >= 11 is 0. The topological polar surface area (TPSA) is 78.9 Å². The van der Waals surface area contributed by atoms with Gasteiger partial charge >= 0.3 is 17.9 Å². The monoisotopic (exact) mass is 891 g/mol. The average Bonchev–Trinajstić information content (AvgIpc) is 3.25. The van der Waals surface area contributed by atoms with Gasteiger partial charge in [-0.1, -0.05) is 273 Å². The second-order valence-corrected chi connectivity index (χ2v) is 20.8. The third kappa shape index (κ3) is 49.7. The zero-order valence-corrected chi connectivity index (χ0v) is 43.4. The number of hydrogen-bond acceptors (Lipinski definition) is 6. The van der Waals surface area contributed by atoms with Gasteiger partial charge in [0.25, 0.3) is 0 Å². The lowest BCUT2D eigenvalue weighted by atomic mass is 10.00. The zero-order valence-electron chi connectivity index (χ0n) is 43.4. The van der Waals surface area contributed by atoms with Crippen molar-refractivity contribution < 1.29 is 28.6 Å². The van der Waals surface area contributed by atoms with Crippen LogP contribution in [0, 0.1) is 17.8 Å². The molecule has 0 fully saturated rings. The number of unbranched alkanes of at least 4 members (excludes halogenated alkanes) is 32. The first kappa shape index (κ1) is 61.4. The molecule has 0 aliphatic rings. The highest BCUT2D eigenvalue weighted by atomic mass is 16.6. The van der Waals surface area contributed by atoms with Gasteiger partial charge in [-0.2, -0.15) is 0 Å². The maximum absolute atomic E-state index is 12.8. The van der Waals surface area contributed by atoms with Crippen LogP contribution in [-0.4, -0.2) is 37.2 Å². The largest absolute Gasteiger partial charge is 0.462 e. The van der Waals surface area contributed by atoms with Crippen LogP contribution in [-0.2, 0) is 28.6 Å². The molecule has 1 unspecified atom stereocenters. The Labute approximate surface area is 393 Å². The molecule has 0 aliphatic heterocycles. The van der Waals surface area contributed by atoms with Crippen LogP contribution in [0.15, 0.2) is 0 Å². The van der Waals surface area contributed by atoms with Crippen LogP contribution in [0.25, 0.3) is 0 Å². The van der Waals surface area contributed by atoms with Crippen LogP contribution in [0.1, 0.15) is 311 Å². The maximum atomic E-state index is 12.8. The van der Waals surface area contributed by atoms with Crippen molar-refractivity contribution in [1.82, 2.24) is 0 Å². The number of carbonyl (C=O) groups excluding carboxylic acids is 3. The Morgan fingerprint density at radius 1 is 0.317 bits per heavy atom. The Balaban J connectivity index is 4.26. The minimum absolute atomic E-state index is 0.0644. The Bertz CT molecular complexity index is 978. The van der Waals surface area contributed by atoms with Gasteiger partial charge in [-0.15, -0.1) is 0 Å². The van der Waals surface area contributed by atoms with E-state index >= 15 is 0 Å². The first-order valence-corrected chi connectivity index (χ1v) is 28.1. The van der Waals surface area contributed by atoms with Gasteiger partial charge in [-0.3, -0.25) is 14.4 Å². The van der Waals surface area contributed by atoms with E-state index in [2.05, 4.69) is 41.5 Å². The van der Waals surface area contributed by atoms with Crippen molar-refractivity contribution in [3.63, 3.8) is 0 Å². The Morgan fingerprint density at radius 2 is 0.556 bits per heavy atom. The smallest absolute Gasteiger partial charge is 0.306 e. The molecule has 374 valence electrons. The Kier molecular flexibility index (Phi) is 47.1. The van der Waals surface area contributed by atoms with Crippen molar-refractivity contribution in [2.24, 2.45) is 17.8 Å². The lowest BCUT2D eigenvalue weighted by Gasteiger charge is -2.18. The molecule has 0 aromatic carbocycles. The molecular formula is C57H110O6. The molecule has 0 N–H and O–H groups in total. The van der Waals surface area contributed by atoms with E-state index in [4.69, 9.17) is 14.2 Å². The van der Waals surface area contributed by atoms with Crippen LogP contribution < -0.4 is 0 Å². The summed E-state index contributed by atoms with van der Waals surface area (Å²) in [6.45, 7) is 13.7. The molecule has 0 aromatic rings. The van der Waals surface area contributed by atoms with E-state index in [0.717, 1.165) is 75.5 Å². The van der Waals surface area contributed by atoms with Crippen molar-refractivity contribution in [2.75, 3.05) is 13.2 Å². The molecule has 0 rings (SSSR count). The van der Waals surface area contributed by atoms with Crippen molar-refractivity contribution in [3.05, 3.63) is 0 Å². The van der Waals surface area contributed by atoms with Crippen molar-refractivity contribution in [3.8, 4) is 0 Å². The minimum atomic E-state index is -0.764. The number of ether oxygens (including phenoxy) is 3. The van der Waals surface area contributed by atoms with E-state index < -0.39 is 6.10 Å². The van der Waals surface area contributed by atoms with E-state index in [-0.39, 0.29) is 31.1 Å². The summed E-state index contributed by atoms with van der Waals surface area (Å²) in [7, 11) is 0. The van der Waals surface area contributed by atoms with Crippen molar-refractivity contribution in [1.29, 1.82) is 0 Å². The average molecular weight is 892 g/mol. The maximum Gasteiger partial charge on any atom is 0.306 e. The number of carbonyl (C=O) groups is 3. The number of hydrogen-bond donors (Lipinski definition) is 0. The lowest BCUT2D eigenvalue weighted by Crippen LogP contribution is -2.30. The van der Waals surface area contributed by atoms with Gasteiger partial charge in [-0.05, 0) is 37.0 Å². The Hall–Kier alpha value is -1.59. The third-order valence-electron chi connectivity index (χ3n) is 13.3. The molecule has 2 atom stereocenters. The first-order valence-electron chi connectivity index (χ1n) is 28.1. The molecule has 0 radical (unpaired) electrons. The number of esters is 3. The summed E-state index contributed by atoms with van der Waals surface area (Å²) in [6, 6.07) is 0. The standard InChI is InChI=1S/C57H110O6/c1-7-53(6)45-39-33-29-30-35-41-47-56(59)62-50-54(63-57(60)48-42-36-28-24-20-16-12-11-14-18-22-26-32-38-44-52(4)5)49-61-55(58)46-40-34-27-23-19-15-10-8-9-13-17-21-25-31-37-43-51(2)3/h51-54H,7-50H2,1-6H3/t53?,54-/m0/s1. The lowest BCUT2D eigenvalue weighted by molar-refractivity contribution is -0.167. The minimum Gasteiger partial charge on any atom is -0.462 e. The highest BCUT2D eigenvalue weighted by Gasteiger charge is 2.19. The molecule has 0 heterocycles. The van der Waals surface area contributed by atoms with Crippen LogP contribution in [0.2, 0.25) is 0 Å². The molecule has 63 heavy (non-hydrogen) atoms. The van der Waals surface area contributed by atoms with Gasteiger partial charge in [-0.25, -0.2) is 0 Å². The molecular weight excluding hydrogens is 781 g/mol. The van der Waals surface area contributed by atoms with E-state index in [9.17, 15) is 14.4 Å². The van der Waals surface area contributed by atoms with Crippen LogP contribution in [0.5, 0.6) is 0 Å². The molecule has 0 aromatic heterocycles. The summed E-state index contributed by atoms with van der Waals surface area (Å²) < 4.78 is 16.9. The van der Waals surface area contributed by atoms with E-state index in [1.807, 2.05) is 0 Å². The van der Waals surface area contributed by atoms with Crippen LogP contribution in [0.4, 0.5) is 0 Å². The van der Waals surface area contributed by atoms with Crippen molar-refractivity contribution >= 4 is 17.9 Å². The van der Waals surface area contributed by atoms with Gasteiger partial charge in [0.1, 0.15) is 13.2 Å². The quantitative estimate of drug-likeness (QED) is 0.0344. The SMILES string of the molecule is CCC(C)CCCCCCCCC(=O)OC[C@H](COC(=O)CCCCCCCCCCCCCCCCCC(C)C)OC(=O)CCCCCCCCCCCCCCCCC(C)C. The first-order chi connectivity index (χ1) is 30.6. The zero-order chi connectivity index (χ0) is 46.3. The van der Waals surface area contributed by atoms with Gasteiger partial charge in [0.2, 0.25) is 0 Å². The second kappa shape index (κ2) is 48.3. The van der Waals surface area contributed by atoms with Gasteiger partial charge in [0.05, 0.1) is 0 Å². The van der Waals surface area contributed by atoms with E-state index in [1.165, 1.54) is 193 Å². The third-order valence-corrected chi connectivity index (χ3v) is 13.3. The fourth-order valence-corrected chi connectivity index (χ4v) is 8.61. The summed E-state index contributed by atoms with van der Waals surface area (Å²) in [5.74, 6) is 1.66. The molecule has 0 aliphatic carbocycles. The molecule has 0 amide bonds. The summed E-state index contributed by atoms with van der Waals surface area (Å²) in [4.78, 5) is 38.0. The predicted octanol–water partition coefficient (Wildman–Crippen LogP) is 18.3. The summed E-state index contributed by atoms with van der Waals surface area (Å²) in [6.07, 6.45) is 49.5. The molecule has 0 saturated carbocycles. The second-order valence-electron chi connectivity index (χ2n) is 20.8. The summed E-state index contributed by atoms with van der Waals surface area (Å²) in [5, 5.41) is 0. The molecule has 0 spiro atoms. The highest BCUT2D eigenvalue weighted by molar-refractivity contribution is 5.71. The highest BCUT2D eigenvalue weighted by Crippen LogP contribution is 2.18. The summed E-state index contributed by atoms with van der Waals surface area (Å²) in [5.41, 5.74) is 0. The van der Waals surface area contributed by atoms with Crippen LogP contribution in [0.3, 0.4) is 0 Å². The predicted molar refractivity (Wildman–Crippen MR) is 270 cm³/mol. The normalized spacial score (nSPS) is 12.6. The fourth-order valence-electron chi connectivity index (χ4n) is 8.61. The molecule has 0 bridgehead atoms. The van der Waals surface area contributed by atoms with Crippen molar-refractivity contribution in [2.45, 2.75) is 317 Å². The molecule has 6 nitrogen and oxygen atoms in total. The Morgan fingerprint density at radius 3 is 0.825 bits per heavy atom.